The third-order valence-corrected chi connectivity index (χ3v) is 1.72. The minimum atomic E-state index is -0.775. The summed E-state index contributed by atoms with van der Waals surface area (Å²) in [4.78, 5) is 21.5. The van der Waals surface area contributed by atoms with Gasteiger partial charge in [0.25, 0.3) is 0 Å². The second-order valence-corrected chi connectivity index (χ2v) is 4.70. The monoisotopic (exact) mass is 261 g/mol. The van der Waals surface area contributed by atoms with Crippen molar-refractivity contribution in [2.45, 2.75) is 32.8 Å². The number of alkyl carbamates (subject to hydrolysis) is 1. The van der Waals surface area contributed by atoms with Gasteiger partial charge in [0.1, 0.15) is 12.2 Å². The Kier molecular flexibility index (Phi) is 7.86. The molecule has 0 aromatic rings. The number of carbonyl (C=O) groups is 2. The number of nitrogens with two attached hydrogens (primary N) is 1. The average Bonchev–Trinajstić information content (AvgIpc) is 2.18. The lowest BCUT2D eigenvalue weighted by molar-refractivity contribution is 0.0527. The van der Waals surface area contributed by atoms with Crippen LogP contribution in [0.15, 0.2) is 0 Å². The van der Waals surface area contributed by atoms with Gasteiger partial charge in [-0.1, -0.05) is 0 Å². The van der Waals surface area contributed by atoms with E-state index < -0.39 is 17.8 Å². The zero-order chi connectivity index (χ0) is 14.0. The summed E-state index contributed by atoms with van der Waals surface area (Å²) in [6.45, 7) is 7.45. The van der Waals surface area contributed by atoms with E-state index >= 15 is 0 Å². The smallest absolute Gasteiger partial charge is 0.407 e. The molecule has 0 aromatic heterocycles. The van der Waals surface area contributed by atoms with Crippen molar-refractivity contribution in [2.75, 3.05) is 26.2 Å². The molecule has 0 heterocycles. The molecule has 0 rings (SSSR count). The molecule has 7 heteroatoms. The van der Waals surface area contributed by atoms with Crippen LogP contribution in [0, 0.1) is 0 Å². The predicted octanol–water partition coefficient (Wildman–Crippen LogP) is 0.586. The lowest BCUT2D eigenvalue weighted by Gasteiger charge is -2.19. The molecule has 0 radical (unpaired) electrons. The van der Waals surface area contributed by atoms with Crippen molar-refractivity contribution < 1.29 is 19.1 Å². The maximum absolute atomic E-state index is 11.2. The molecule has 0 aliphatic carbocycles. The first-order valence-electron chi connectivity index (χ1n) is 5.91. The molecule has 106 valence electrons. The van der Waals surface area contributed by atoms with Crippen molar-refractivity contribution in [3.63, 3.8) is 0 Å². The molecule has 0 bridgehead atoms. The lowest BCUT2D eigenvalue weighted by atomic mass is 10.2. The maximum atomic E-state index is 11.2. The van der Waals surface area contributed by atoms with E-state index in [0.717, 1.165) is 6.42 Å². The van der Waals surface area contributed by atoms with E-state index in [1.54, 1.807) is 0 Å². The maximum Gasteiger partial charge on any atom is 0.407 e. The molecule has 0 spiro atoms. The van der Waals surface area contributed by atoms with Gasteiger partial charge in [-0.3, -0.25) is 0 Å². The van der Waals surface area contributed by atoms with E-state index in [1.165, 1.54) is 0 Å². The van der Waals surface area contributed by atoms with Crippen molar-refractivity contribution in [1.29, 1.82) is 0 Å². The predicted molar refractivity (Wildman–Crippen MR) is 67.3 cm³/mol. The number of nitrogens with one attached hydrogen (secondary N) is 2. The minimum absolute atomic E-state index is 0.245. The van der Waals surface area contributed by atoms with Gasteiger partial charge < -0.3 is 25.8 Å². The molecule has 4 N–H and O–H groups in total. The van der Waals surface area contributed by atoms with Crippen LogP contribution in [0.25, 0.3) is 0 Å². The van der Waals surface area contributed by atoms with Crippen molar-refractivity contribution in [3.8, 4) is 0 Å². The highest BCUT2D eigenvalue weighted by molar-refractivity contribution is 5.67. The highest BCUT2D eigenvalue weighted by atomic mass is 16.6. The summed E-state index contributed by atoms with van der Waals surface area (Å²) in [5, 5.41) is 5.68. The summed E-state index contributed by atoms with van der Waals surface area (Å²) >= 11 is 0. The molecule has 0 aliphatic rings. The fourth-order valence-corrected chi connectivity index (χ4v) is 1.07. The van der Waals surface area contributed by atoms with Gasteiger partial charge in [-0.05, 0) is 33.7 Å². The third kappa shape index (κ3) is 12.6. The lowest BCUT2D eigenvalue weighted by Crippen LogP contribution is -2.34. The first kappa shape index (κ1) is 16.5. The number of rotatable bonds is 7. The summed E-state index contributed by atoms with van der Waals surface area (Å²) in [6, 6.07) is 0. The topological polar surface area (TPSA) is 103 Å². The minimum Gasteiger partial charge on any atom is -0.448 e. The van der Waals surface area contributed by atoms with Gasteiger partial charge in [-0.25, -0.2) is 9.59 Å². The number of carbonyl (C=O) groups excluding carboxylic acids is 2. The number of amides is 2. The van der Waals surface area contributed by atoms with E-state index in [-0.39, 0.29) is 6.61 Å². The Morgan fingerprint density at radius 2 is 1.83 bits per heavy atom. The Balaban J connectivity index is 3.30. The third-order valence-electron chi connectivity index (χ3n) is 1.72. The fourth-order valence-electron chi connectivity index (χ4n) is 1.07. The van der Waals surface area contributed by atoms with Crippen molar-refractivity contribution in [2.24, 2.45) is 5.73 Å². The van der Waals surface area contributed by atoms with Crippen LogP contribution < -0.4 is 16.4 Å². The largest absolute Gasteiger partial charge is 0.448 e. The molecule has 0 aromatic carbocycles. The van der Waals surface area contributed by atoms with Crippen LogP contribution in [0.2, 0.25) is 0 Å². The molecule has 7 nitrogen and oxygen atoms in total. The van der Waals surface area contributed by atoms with E-state index in [2.05, 4.69) is 15.4 Å². The number of hydrogen-bond donors (Lipinski definition) is 3. The van der Waals surface area contributed by atoms with Crippen LogP contribution in [0.5, 0.6) is 0 Å². The number of hydrogen-bond acceptors (Lipinski definition) is 5. The van der Waals surface area contributed by atoms with Gasteiger partial charge in [-0.2, -0.15) is 0 Å². The SMILES string of the molecule is CC(C)(C)OC(=O)NCCCNCCOC(N)=O. The molecule has 2 amide bonds. The summed E-state index contributed by atoms with van der Waals surface area (Å²) in [5.74, 6) is 0. The van der Waals surface area contributed by atoms with Gasteiger partial charge in [0, 0.05) is 13.1 Å². The summed E-state index contributed by atoms with van der Waals surface area (Å²) in [5.41, 5.74) is 4.31. The van der Waals surface area contributed by atoms with Crippen LogP contribution in [0.1, 0.15) is 27.2 Å². The molecule has 0 saturated carbocycles. The molecular formula is C11H23N3O4. The van der Waals surface area contributed by atoms with Crippen LogP contribution in [0.3, 0.4) is 0 Å². The fraction of sp³-hybridized carbons (Fsp3) is 0.818. The van der Waals surface area contributed by atoms with Crippen molar-refractivity contribution in [3.05, 3.63) is 0 Å². The van der Waals surface area contributed by atoms with Crippen molar-refractivity contribution in [1.82, 2.24) is 10.6 Å². The second-order valence-electron chi connectivity index (χ2n) is 4.70. The molecule has 0 saturated heterocycles. The van der Waals surface area contributed by atoms with Crippen LogP contribution in [-0.2, 0) is 9.47 Å². The second kappa shape index (κ2) is 8.57. The van der Waals surface area contributed by atoms with E-state index in [9.17, 15) is 9.59 Å². The molecule has 0 atom stereocenters. The zero-order valence-corrected chi connectivity index (χ0v) is 11.2. The molecular weight excluding hydrogens is 238 g/mol. The zero-order valence-electron chi connectivity index (χ0n) is 11.2. The molecule has 18 heavy (non-hydrogen) atoms. The Bertz CT molecular complexity index is 264. The highest BCUT2D eigenvalue weighted by Crippen LogP contribution is 2.06. The van der Waals surface area contributed by atoms with Crippen molar-refractivity contribution >= 4 is 12.2 Å². The Morgan fingerprint density at radius 1 is 1.17 bits per heavy atom. The van der Waals surface area contributed by atoms with Crippen LogP contribution in [0.4, 0.5) is 9.59 Å². The van der Waals surface area contributed by atoms with E-state index in [0.29, 0.717) is 19.6 Å². The first-order chi connectivity index (χ1) is 8.31. The standard InChI is InChI=1S/C11H23N3O4/c1-11(2,3)18-10(16)14-6-4-5-13-7-8-17-9(12)15/h13H,4-8H2,1-3H3,(H2,12,15)(H,14,16). The van der Waals surface area contributed by atoms with Crippen LogP contribution >= 0.6 is 0 Å². The highest BCUT2D eigenvalue weighted by Gasteiger charge is 2.15. The summed E-state index contributed by atoms with van der Waals surface area (Å²) in [6.07, 6.45) is -0.432. The Morgan fingerprint density at radius 3 is 2.39 bits per heavy atom. The number of ether oxygens (including phenoxy) is 2. The molecule has 0 unspecified atom stereocenters. The van der Waals surface area contributed by atoms with Gasteiger partial charge >= 0.3 is 12.2 Å². The normalized spacial score (nSPS) is 10.8. The Labute approximate surface area is 107 Å². The Hall–Kier alpha value is -1.50. The van der Waals surface area contributed by atoms with Gasteiger partial charge in [-0.15, -0.1) is 0 Å². The van der Waals surface area contributed by atoms with Crippen LogP contribution in [-0.4, -0.2) is 44.0 Å². The van der Waals surface area contributed by atoms with E-state index in [1.807, 2.05) is 20.8 Å². The van der Waals surface area contributed by atoms with Gasteiger partial charge in [0.2, 0.25) is 0 Å². The molecule has 0 aliphatic heterocycles. The number of primary amides is 1. The van der Waals surface area contributed by atoms with Gasteiger partial charge in [0.05, 0.1) is 0 Å². The summed E-state index contributed by atoms with van der Waals surface area (Å²) < 4.78 is 9.60. The average molecular weight is 261 g/mol. The van der Waals surface area contributed by atoms with Gasteiger partial charge in [0.15, 0.2) is 0 Å². The molecule has 0 fully saturated rings. The van der Waals surface area contributed by atoms with E-state index in [4.69, 9.17) is 10.5 Å². The quantitative estimate of drug-likeness (QED) is 0.582. The first-order valence-corrected chi connectivity index (χ1v) is 5.91. The summed E-state index contributed by atoms with van der Waals surface area (Å²) in [7, 11) is 0.